The third kappa shape index (κ3) is 2.53. The number of hydrogen-bond acceptors (Lipinski definition) is 4. The lowest BCUT2D eigenvalue weighted by molar-refractivity contribution is 0.603. The number of aromatic nitrogens is 2. The number of aromatic amines is 1. The van der Waals surface area contributed by atoms with Gasteiger partial charge in [-0.2, -0.15) is 0 Å². The first-order valence-electron chi connectivity index (χ1n) is 6.04. The van der Waals surface area contributed by atoms with Gasteiger partial charge in [-0.15, -0.1) is 0 Å². The normalized spacial score (nSPS) is 10.8. The van der Waals surface area contributed by atoms with Crippen LogP contribution >= 0.6 is 0 Å². The number of nitrogen functional groups attached to an aromatic ring is 1. The Morgan fingerprint density at radius 3 is 2.76 bits per heavy atom. The number of halogens is 2. The van der Waals surface area contributed by atoms with Crippen molar-refractivity contribution in [3.63, 3.8) is 0 Å². The van der Waals surface area contributed by atoms with Gasteiger partial charge in [0.15, 0.2) is 0 Å². The Morgan fingerprint density at radius 2 is 1.95 bits per heavy atom. The molecule has 5 nitrogen and oxygen atoms in total. The Morgan fingerprint density at radius 1 is 1.14 bits per heavy atom. The van der Waals surface area contributed by atoms with E-state index in [0.29, 0.717) is 16.6 Å². The summed E-state index contributed by atoms with van der Waals surface area (Å²) in [4.78, 5) is 18.5. The maximum Gasteiger partial charge on any atom is 0.260 e. The predicted octanol–water partition coefficient (Wildman–Crippen LogP) is 2.53. The summed E-state index contributed by atoms with van der Waals surface area (Å²) in [5.74, 6) is -1.24. The third-order valence-electron chi connectivity index (χ3n) is 2.91. The number of nitrogens with one attached hydrogen (secondary N) is 2. The SMILES string of the molecule is Nc1ccc2nc(Nc3cc(F)ccc3F)[nH]c(=O)c2c1. The van der Waals surface area contributed by atoms with Crippen molar-refractivity contribution in [1.82, 2.24) is 9.97 Å². The van der Waals surface area contributed by atoms with Crippen LogP contribution in [0.3, 0.4) is 0 Å². The van der Waals surface area contributed by atoms with E-state index in [9.17, 15) is 13.6 Å². The van der Waals surface area contributed by atoms with E-state index >= 15 is 0 Å². The molecular formula is C14H10F2N4O. The number of hydrogen-bond donors (Lipinski definition) is 3. The van der Waals surface area contributed by atoms with Crippen molar-refractivity contribution in [3.8, 4) is 0 Å². The smallest absolute Gasteiger partial charge is 0.260 e. The van der Waals surface area contributed by atoms with E-state index in [2.05, 4.69) is 15.3 Å². The Kier molecular flexibility index (Phi) is 3.02. The van der Waals surface area contributed by atoms with Crippen molar-refractivity contribution in [1.29, 1.82) is 0 Å². The number of fused-ring (bicyclic) bond motifs is 1. The van der Waals surface area contributed by atoms with Crippen molar-refractivity contribution >= 4 is 28.2 Å². The summed E-state index contributed by atoms with van der Waals surface area (Å²) in [6.45, 7) is 0. The quantitative estimate of drug-likeness (QED) is 0.633. The Balaban J connectivity index is 2.07. The molecule has 0 fully saturated rings. The van der Waals surface area contributed by atoms with Crippen molar-refractivity contribution in [2.24, 2.45) is 0 Å². The molecule has 0 radical (unpaired) electrons. The average molecular weight is 288 g/mol. The summed E-state index contributed by atoms with van der Waals surface area (Å²) in [5.41, 5.74) is 5.89. The highest BCUT2D eigenvalue weighted by atomic mass is 19.1. The molecule has 0 aliphatic carbocycles. The molecule has 7 heteroatoms. The van der Waals surface area contributed by atoms with Gasteiger partial charge in [0, 0.05) is 11.8 Å². The number of H-pyrrole nitrogens is 1. The number of benzene rings is 2. The first kappa shape index (κ1) is 13.0. The number of anilines is 3. The molecule has 1 heterocycles. The summed E-state index contributed by atoms with van der Waals surface area (Å²) < 4.78 is 26.7. The van der Waals surface area contributed by atoms with Crippen LogP contribution in [-0.2, 0) is 0 Å². The van der Waals surface area contributed by atoms with Gasteiger partial charge in [0.25, 0.3) is 5.56 Å². The van der Waals surface area contributed by atoms with Crippen molar-refractivity contribution in [3.05, 3.63) is 58.4 Å². The third-order valence-corrected chi connectivity index (χ3v) is 2.91. The lowest BCUT2D eigenvalue weighted by atomic mass is 10.2. The first-order valence-corrected chi connectivity index (χ1v) is 6.04. The molecule has 1 aromatic heterocycles. The van der Waals surface area contributed by atoms with E-state index in [1.165, 1.54) is 6.07 Å². The molecule has 4 N–H and O–H groups in total. The molecule has 0 aliphatic rings. The highest BCUT2D eigenvalue weighted by Crippen LogP contribution is 2.19. The fourth-order valence-electron chi connectivity index (χ4n) is 1.94. The molecule has 0 atom stereocenters. The largest absolute Gasteiger partial charge is 0.399 e. The second kappa shape index (κ2) is 4.86. The maximum atomic E-state index is 13.6. The molecule has 3 aromatic rings. The molecule has 106 valence electrons. The fourth-order valence-corrected chi connectivity index (χ4v) is 1.94. The van der Waals surface area contributed by atoms with Crippen molar-refractivity contribution in [2.75, 3.05) is 11.1 Å². The standard InChI is InChI=1S/C14H10F2N4O/c15-7-1-3-10(16)12(5-7)19-14-18-11-4-2-8(17)6-9(11)13(21)20-14/h1-6H,17H2,(H2,18,19,20,21). The highest BCUT2D eigenvalue weighted by molar-refractivity contribution is 5.82. The number of rotatable bonds is 2. The van der Waals surface area contributed by atoms with Gasteiger partial charge < -0.3 is 11.1 Å². The van der Waals surface area contributed by atoms with Crippen LogP contribution in [0.5, 0.6) is 0 Å². The lowest BCUT2D eigenvalue weighted by Gasteiger charge is -2.07. The molecule has 0 saturated heterocycles. The summed E-state index contributed by atoms with van der Waals surface area (Å²) in [7, 11) is 0. The lowest BCUT2D eigenvalue weighted by Crippen LogP contribution is -2.12. The monoisotopic (exact) mass is 288 g/mol. The van der Waals surface area contributed by atoms with Crippen molar-refractivity contribution < 1.29 is 8.78 Å². The van der Waals surface area contributed by atoms with Gasteiger partial charge in [-0.25, -0.2) is 13.8 Å². The molecular weight excluding hydrogens is 278 g/mol. The molecule has 0 unspecified atom stereocenters. The van der Waals surface area contributed by atoms with Gasteiger partial charge in [-0.05, 0) is 30.3 Å². The van der Waals surface area contributed by atoms with Gasteiger partial charge in [0.1, 0.15) is 11.6 Å². The molecule has 0 saturated carbocycles. The van der Waals surface area contributed by atoms with Gasteiger partial charge in [0.05, 0.1) is 16.6 Å². The Hall–Kier alpha value is -2.96. The zero-order chi connectivity index (χ0) is 15.0. The highest BCUT2D eigenvalue weighted by Gasteiger charge is 2.08. The molecule has 3 rings (SSSR count). The van der Waals surface area contributed by atoms with E-state index in [4.69, 9.17) is 5.73 Å². The molecule has 2 aromatic carbocycles. The minimum atomic E-state index is -0.656. The van der Waals surface area contributed by atoms with E-state index in [1.54, 1.807) is 12.1 Å². The van der Waals surface area contributed by atoms with E-state index in [0.717, 1.165) is 18.2 Å². The minimum absolute atomic E-state index is 0.0155. The molecule has 0 amide bonds. The van der Waals surface area contributed by atoms with Crippen LogP contribution in [0.25, 0.3) is 10.9 Å². The zero-order valence-electron chi connectivity index (χ0n) is 10.7. The van der Waals surface area contributed by atoms with Crippen LogP contribution in [0.2, 0.25) is 0 Å². The van der Waals surface area contributed by atoms with Crippen LogP contribution < -0.4 is 16.6 Å². The molecule has 0 bridgehead atoms. The van der Waals surface area contributed by atoms with Gasteiger partial charge >= 0.3 is 0 Å². The summed E-state index contributed by atoms with van der Waals surface area (Å²) in [5, 5.41) is 2.87. The van der Waals surface area contributed by atoms with Gasteiger partial charge in [-0.3, -0.25) is 9.78 Å². The molecule has 0 aliphatic heterocycles. The van der Waals surface area contributed by atoms with Gasteiger partial charge in [-0.1, -0.05) is 0 Å². The van der Waals surface area contributed by atoms with Crippen LogP contribution in [0, 0.1) is 11.6 Å². The minimum Gasteiger partial charge on any atom is -0.399 e. The topological polar surface area (TPSA) is 83.8 Å². The Bertz CT molecular complexity index is 892. The summed E-state index contributed by atoms with van der Waals surface area (Å²) in [6.07, 6.45) is 0. The second-order valence-electron chi connectivity index (χ2n) is 4.44. The fraction of sp³-hybridized carbons (Fsp3) is 0. The van der Waals surface area contributed by atoms with Crippen LogP contribution in [0.1, 0.15) is 0 Å². The number of nitrogens with two attached hydrogens (primary N) is 1. The molecule has 0 spiro atoms. The van der Waals surface area contributed by atoms with E-state index in [-0.39, 0.29) is 11.6 Å². The summed E-state index contributed by atoms with van der Waals surface area (Å²) >= 11 is 0. The van der Waals surface area contributed by atoms with Crippen LogP contribution in [0.4, 0.5) is 26.1 Å². The average Bonchev–Trinajstić information content (AvgIpc) is 2.44. The molecule has 21 heavy (non-hydrogen) atoms. The van der Waals surface area contributed by atoms with Crippen LogP contribution in [-0.4, -0.2) is 9.97 Å². The van der Waals surface area contributed by atoms with Gasteiger partial charge in [0.2, 0.25) is 5.95 Å². The van der Waals surface area contributed by atoms with E-state index in [1.807, 2.05) is 0 Å². The maximum absolute atomic E-state index is 13.6. The number of nitrogens with zero attached hydrogens (tertiary/aromatic N) is 1. The van der Waals surface area contributed by atoms with Crippen LogP contribution in [0.15, 0.2) is 41.2 Å². The summed E-state index contributed by atoms with van der Waals surface area (Å²) in [6, 6.07) is 7.63. The second-order valence-corrected chi connectivity index (χ2v) is 4.44. The predicted molar refractivity (Wildman–Crippen MR) is 76.4 cm³/mol. The van der Waals surface area contributed by atoms with E-state index < -0.39 is 17.2 Å². The zero-order valence-corrected chi connectivity index (χ0v) is 10.7. The first-order chi connectivity index (χ1) is 10.0. The van der Waals surface area contributed by atoms with Crippen molar-refractivity contribution in [2.45, 2.75) is 0 Å². The Labute approximate surface area is 117 Å².